The zero-order valence-corrected chi connectivity index (χ0v) is 18.4. The van der Waals surface area contributed by atoms with E-state index in [9.17, 15) is 5.11 Å². The van der Waals surface area contributed by atoms with E-state index in [1.807, 2.05) is 18.2 Å². The normalized spacial score (nSPS) is 20.9. The monoisotopic (exact) mass is 440 g/mol. The summed E-state index contributed by atoms with van der Waals surface area (Å²) in [5, 5.41) is 15.6. The summed E-state index contributed by atoms with van der Waals surface area (Å²) >= 11 is 1.43. The number of hydrogen-bond donors (Lipinski definition) is 1. The SMILES string of the molecule is COc1cccc([C@@H](c2sc3nc(-c4ccco4)nn3c2O)N2C[C@H](C)O[C@@H](C)C2)c1. The number of fused-ring (bicyclic) bond motifs is 1. The van der Waals surface area contributed by atoms with Gasteiger partial charge in [-0.1, -0.05) is 23.5 Å². The van der Waals surface area contributed by atoms with Crippen LogP contribution in [0.25, 0.3) is 16.5 Å². The summed E-state index contributed by atoms with van der Waals surface area (Å²) in [4.78, 5) is 8.31. The topological polar surface area (TPSA) is 85.3 Å². The molecule has 9 heteroatoms. The van der Waals surface area contributed by atoms with Crippen molar-refractivity contribution in [3.8, 4) is 23.2 Å². The molecule has 1 aliphatic heterocycles. The quantitative estimate of drug-likeness (QED) is 0.503. The second kappa shape index (κ2) is 7.99. The van der Waals surface area contributed by atoms with Crippen molar-refractivity contribution < 1.29 is 19.0 Å². The molecule has 8 nitrogen and oxygen atoms in total. The highest BCUT2D eigenvalue weighted by Crippen LogP contribution is 2.42. The highest BCUT2D eigenvalue weighted by Gasteiger charge is 2.34. The molecule has 1 N–H and O–H groups in total. The zero-order valence-electron chi connectivity index (χ0n) is 17.6. The fraction of sp³-hybridized carbons (Fsp3) is 0.364. The first-order valence-electron chi connectivity index (χ1n) is 10.2. The van der Waals surface area contributed by atoms with Gasteiger partial charge in [0.2, 0.25) is 16.7 Å². The fourth-order valence-corrected chi connectivity index (χ4v) is 5.32. The maximum atomic E-state index is 11.2. The van der Waals surface area contributed by atoms with Gasteiger partial charge in [-0.25, -0.2) is 0 Å². The molecule has 5 rings (SSSR count). The van der Waals surface area contributed by atoms with E-state index >= 15 is 0 Å². The molecule has 0 amide bonds. The summed E-state index contributed by atoms with van der Waals surface area (Å²) in [6, 6.07) is 11.4. The molecule has 0 unspecified atom stereocenters. The summed E-state index contributed by atoms with van der Waals surface area (Å²) in [5.41, 5.74) is 1.03. The van der Waals surface area contributed by atoms with E-state index in [1.165, 1.54) is 15.9 Å². The Labute approximate surface area is 183 Å². The lowest BCUT2D eigenvalue weighted by atomic mass is 10.0. The van der Waals surface area contributed by atoms with Crippen LogP contribution >= 0.6 is 11.3 Å². The first kappa shape index (κ1) is 20.0. The predicted octanol–water partition coefficient (Wildman–Crippen LogP) is 3.96. The maximum absolute atomic E-state index is 11.2. The number of aromatic hydroxyl groups is 1. The minimum atomic E-state index is -0.176. The number of aromatic nitrogens is 3. The van der Waals surface area contributed by atoms with Gasteiger partial charge in [0.15, 0.2) is 5.76 Å². The summed E-state index contributed by atoms with van der Waals surface area (Å²) in [6.45, 7) is 5.64. The van der Waals surface area contributed by atoms with Crippen molar-refractivity contribution in [3.05, 3.63) is 53.1 Å². The molecule has 1 aliphatic rings. The average Bonchev–Trinajstić information content (AvgIpc) is 3.47. The second-order valence-electron chi connectivity index (χ2n) is 7.79. The molecule has 3 aromatic heterocycles. The number of thiazole rings is 1. The van der Waals surface area contributed by atoms with Crippen molar-refractivity contribution in [1.29, 1.82) is 0 Å². The summed E-state index contributed by atoms with van der Waals surface area (Å²) in [6.07, 6.45) is 1.76. The smallest absolute Gasteiger partial charge is 0.230 e. The van der Waals surface area contributed by atoms with Crippen LogP contribution < -0.4 is 4.74 Å². The van der Waals surface area contributed by atoms with Crippen LogP contribution in [0.3, 0.4) is 0 Å². The maximum Gasteiger partial charge on any atom is 0.230 e. The van der Waals surface area contributed by atoms with Gasteiger partial charge in [-0.3, -0.25) is 4.90 Å². The number of morpholine rings is 1. The van der Waals surface area contributed by atoms with E-state index in [2.05, 4.69) is 34.9 Å². The molecule has 0 spiro atoms. The minimum absolute atomic E-state index is 0.0879. The lowest BCUT2D eigenvalue weighted by Gasteiger charge is -2.40. The average molecular weight is 441 g/mol. The van der Waals surface area contributed by atoms with Crippen LogP contribution in [0.1, 0.15) is 30.3 Å². The van der Waals surface area contributed by atoms with E-state index in [0.29, 0.717) is 16.5 Å². The molecular formula is C22H24N4O4S. The van der Waals surface area contributed by atoms with E-state index < -0.39 is 0 Å². The van der Waals surface area contributed by atoms with Crippen molar-refractivity contribution in [3.63, 3.8) is 0 Å². The molecule has 1 aromatic carbocycles. The van der Waals surface area contributed by atoms with Crippen LogP contribution in [0.2, 0.25) is 0 Å². The third kappa shape index (κ3) is 3.69. The van der Waals surface area contributed by atoms with Gasteiger partial charge in [0.05, 0.1) is 36.5 Å². The predicted molar refractivity (Wildman–Crippen MR) is 117 cm³/mol. The van der Waals surface area contributed by atoms with Crippen LogP contribution in [-0.2, 0) is 4.74 Å². The van der Waals surface area contributed by atoms with Crippen molar-refractivity contribution >= 4 is 16.3 Å². The van der Waals surface area contributed by atoms with Crippen LogP contribution in [0.4, 0.5) is 0 Å². The Kier molecular flexibility index (Phi) is 5.17. The lowest BCUT2D eigenvalue weighted by molar-refractivity contribution is -0.0764. The van der Waals surface area contributed by atoms with Gasteiger partial charge < -0.3 is 19.0 Å². The Morgan fingerprint density at radius 1 is 1.19 bits per heavy atom. The van der Waals surface area contributed by atoms with Crippen molar-refractivity contribution in [1.82, 2.24) is 19.5 Å². The van der Waals surface area contributed by atoms with Gasteiger partial charge in [0, 0.05) is 13.1 Å². The number of hydrogen-bond acceptors (Lipinski definition) is 8. The standard InChI is InChI=1S/C22H24N4O4S/c1-13-11-25(12-14(2)30-13)18(15-6-4-7-16(10-15)28-3)19-21(27)26-22(31-19)23-20(24-26)17-8-5-9-29-17/h4-10,13-14,18,27H,11-12H2,1-3H3/t13-,14-,18-/m0/s1. The Hall–Kier alpha value is -2.88. The van der Waals surface area contributed by atoms with Crippen LogP contribution in [-0.4, -0.2) is 57.0 Å². The van der Waals surface area contributed by atoms with E-state index in [0.717, 1.165) is 29.3 Å². The number of ether oxygens (including phenoxy) is 2. The molecular weight excluding hydrogens is 416 g/mol. The van der Waals surface area contributed by atoms with Gasteiger partial charge in [-0.15, -0.1) is 5.10 Å². The number of furan rings is 1. The molecule has 4 heterocycles. The van der Waals surface area contributed by atoms with Gasteiger partial charge in [0.1, 0.15) is 5.75 Å². The van der Waals surface area contributed by atoms with Gasteiger partial charge in [0.25, 0.3) is 0 Å². The van der Waals surface area contributed by atoms with E-state index in [1.54, 1.807) is 25.5 Å². The first-order valence-corrected chi connectivity index (χ1v) is 11.0. The fourth-order valence-electron chi connectivity index (χ4n) is 4.21. The molecule has 0 saturated carbocycles. The molecule has 1 fully saturated rings. The summed E-state index contributed by atoms with van der Waals surface area (Å²) in [7, 11) is 1.66. The minimum Gasteiger partial charge on any atom is -0.497 e. The van der Waals surface area contributed by atoms with E-state index in [4.69, 9.17) is 13.9 Å². The Morgan fingerprint density at radius 3 is 2.68 bits per heavy atom. The summed E-state index contributed by atoms with van der Waals surface area (Å²) in [5.74, 6) is 1.88. The van der Waals surface area contributed by atoms with Crippen molar-refractivity contribution in [2.75, 3.05) is 20.2 Å². The molecule has 1 saturated heterocycles. The van der Waals surface area contributed by atoms with E-state index in [-0.39, 0.29) is 24.1 Å². The zero-order chi connectivity index (χ0) is 21.5. The van der Waals surface area contributed by atoms with Crippen molar-refractivity contribution in [2.24, 2.45) is 0 Å². The van der Waals surface area contributed by atoms with Gasteiger partial charge in [-0.2, -0.15) is 9.50 Å². The van der Waals surface area contributed by atoms with Crippen LogP contribution in [0.5, 0.6) is 11.6 Å². The van der Waals surface area contributed by atoms with Crippen LogP contribution in [0.15, 0.2) is 47.1 Å². The highest BCUT2D eigenvalue weighted by atomic mass is 32.1. The molecule has 31 heavy (non-hydrogen) atoms. The lowest BCUT2D eigenvalue weighted by Crippen LogP contribution is -2.47. The van der Waals surface area contributed by atoms with Crippen LogP contribution in [0, 0.1) is 0 Å². The molecule has 3 atom stereocenters. The number of benzene rings is 1. The highest BCUT2D eigenvalue weighted by molar-refractivity contribution is 7.17. The molecule has 0 aliphatic carbocycles. The number of nitrogens with zero attached hydrogens (tertiary/aromatic N) is 4. The molecule has 162 valence electrons. The third-order valence-electron chi connectivity index (χ3n) is 5.41. The number of methoxy groups -OCH3 is 1. The Morgan fingerprint density at radius 2 is 2.00 bits per heavy atom. The van der Waals surface area contributed by atoms with Gasteiger partial charge in [-0.05, 0) is 43.7 Å². The largest absolute Gasteiger partial charge is 0.497 e. The van der Waals surface area contributed by atoms with Gasteiger partial charge >= 0.3 is 0 Å². The first-order chi connectivity index (χ1) is 15.0. The molecule has 0 bridgehead atoms. The Bertz CT molecular complexity index is 1180. The molecule has 0 radical (unpaired) electrons. The summed E-state index contributed by atoms with van der Waals surface area (Å²) < 4.78 is 18.3. The Balaban J connectivity index is 1.61. The molecule has 4 aromatic rings. The number of rotatable bonds is 5. The van der Waals surface area contributed by atoms with Crippen molar-refractivity contribution in [2.45, 2.75) is 32.1 Å². The third-order valence-corrected chi connectivity index (χ3v) is 6.48. The second-order valence-corrected chi connectivity index (χ2v) is 8.80.